The summed E-state index contributed by atoms with van der Waals surface area (Å²) in [5, 5.41) is 9.47. The van der Waals surface area contributed by atoms with E-state index in [-0.39, 0.29) is 23.4 Å². The van der Waals surface area contributed by atoms with Gasteiger partial charge in [-0.2, -0.15) is 15.2 Å². The third-order valence-corrected chi connectivity index (χ3v) is 8.78. The molecule has 5 rings (SSSR count). The lowest BCUT2D eigenvalue weighted by Gasteiger charge is -2.42. The fourth-order valence-corrected chi connectivity index (χ4v) is 6.22. The summed E-state index contributed by atoms with van der Waals surface area (Å²) in [5.74, 6) is 0.528. The minimum absolute atomic E-state index is 0.0325. The molecule has 0 N–H and O–H groups in total. The van der Waals surface area contributed by atoms with Gasteiger partial charge in [0.25, 0.3) is 5.91 Å². The number of anilines is 2. The van der Waals surface area contributed by atoms with E-state index in [4.69, 9.17) is 26.3 Å². The lowest BCUT2D eigenvalue weighted by Crippen LogP contribution is -2.55. The molecule has 1 aromatic heterocycles. The van der Waals surface area contributed by atoms with Gasteiger partial charge in [0, 0.05) is 43.5 Å². The van der Waals surface area contributed by atoms with Crippen LogP contribution in [-0.2, 0) is 17.8 Å². The van der Waals surface area contributed by atoms with Gasteiger partial charge in [-0.05, 0) is 63.9 Å². The van der Waals surface area contributed by atoms with Gasteiger partial charge in [-0.15, -0.1) is 0 Å². The van der Waals surface area contributed by atoms with Gasteiger partial charge in [-0.1, -0.05) is 30.3 Å². The largest absolute Gasteiger partial charge is 0.462 e. The highest BCUT2D eigenvalue weighted by atomic mass is 35.5. The van der Waals surface area contributed by atoms with Gasteiger partial charge >= 0.3 is 6.01 Å². The third-order valence-electron chi connectivity index (χ3n) is 8.62. The second-order valence-electron chi connectivity index (χ2n) is 11.1. The number of likely N-dealkylation sites (N-methyl/N-ethyl adjacent to an activating group) is 1. The Labute approximate surface area is 242 Å². The number of likely N-dealkylation sites (tertiary alicyclic amines) is 1. The van der Waals surface area contributed by atoms with E-state index in [2.05, 4.69) is 66.4 Å². The van der Waals surface area contributed by atoms with Crippen molar-refractivity contribution in [2.75, 3.05) is 56.2 Å². The van der Waals surface area contributed by atoms with Crippen LogP contribution < -0.4 is 14.5 Å². The minimum atomic E-state index is -0.319. The van der Waals surface area contributed by atoms with Crippen LogP contribution >= 0.6 is 11.6 Å². The zero-order valence-corrected chi connectivity index (χ0v) is 24.5. The molecule has 0 spiro atoms. The smallest absolute Gasteiger partial charge is 0.318 e. The van der Waals surface area contributed by atoms with E-state index in [9.17, 15) is 10.1 Å². The predicted molar refractivity (Wildman–Crippen MR) is 157 cm³/mol. The highest BCUT2D eigenvalue weighted by Crippen LogP contribution is 2.34. The first-order valence-electron chi connectivity index (χ1n) is 14.1. The van der Waals surface area contributed by atoms with Crippen LogP contribution in [0.25, 0.3) is 0 Å². The lowest BCUT2D eigenvalue weighted by molar-refractivity contribution is -0.129. The standard InChI is InChI=1S/C30H38ClN7O2/c1-20-7-5-9-27(21(20)2)36-14-11-25-26(18-36)33-30(40-19-24-8-6-13-35(24)4)34-28(25)37-15-16-38(29(39)22(3)31)23(17-37)10-12-32/h5,7,9,23-24H,3,6,8,10-11,13-19H2,1-2,4H3/t23-,24-/m0/s1. The van der Waals surface area contributed by atoms with Crippen LogP contribution in [0.4, 0.5) is 11.5 Å². The Morgan fingerprint density at radius 3 is 2.73 bits per heavy atom. The van der Waals surface area contributed by atoms with Crippen molar-refractivity contribution in [3.63, 3.8) is 0 Å². The average molecular weight is 564 g/mol. The Bertz CT molecular complexity index is 1330. The Morgan fingerprint density at radius 1 is 1.18 bits per heavy atom. The molecule has 4 heterocycles. The van der Waals surface area contributed by atoms with E-state index in [0.29, 0.717) is 44.8 Å². The van der Waals surface area contributed by atoms with Crippen molar-refractivity contribution in [2.45, 2.75) is 58.2 Å². The predicted octanol–water partition coefficient (Wildman–Crippen LogP) is 3.81. The Hall–Kier alpha value is -3.35. The normalized spacial score (nSPS) is 21.2. The quantitative estimate of drug-likeness (QED) is 0.470. The molecule has 2 atom stereocenters. The van der Waals surface area contributed by atoms with Crippen LogP contribution in [0, 0.1) is 25.2 Å². The van der Waals surface area contributed by atoms with E-state index in [1.807, 2.05) is 0 Å². The van der Waals surface area contributed by atoms with Crippen molar-refractivity contribution < 1.29 is 9.53 Å². The Morgan fingerprint density at radius 2 is 2.00 bits per heavy atom. The second kappa shape index (κ2) is 12.0. The van der Waals surface area contributed by atoms with Crippen molar-refractivity contribution >= 4 is 29.0 Å². The van der Waals surface area contributed by atoms with Gasteiger partial charge in [0.1, 0.15) is 12.4 Å². The first-order chi connectivity index (χ1) is 19.3. The molecule has 2 fully saturated rings. The van der Waals surface area contributed by atoms with E-state index in [1.165, 1.54) is 23.2 Å². The number of benzene rings is 1. The summed E-state index contributed by atoms with van der Waals surface area (Å²) < 4.78 is 6.25. The molecule has 0 bridgehead atoms. The van der Waals surface area contributed by atoms with Crippen molar-refractivity contribution in [2.24, 2.45) is 0 Å². The number of nitriles is 1. The highest BCUT2D eigenvalue weighted by Gasteiger charge is 2.34. The molecule has 10 heteroatoms. The summed E-state index contributed by atoms with van der Waals surface area (Å²) in [6, 6.07) is 9.10. The van der Waals surface area contributed by atoms with Crippen LogP contribution in [0.2, 0.25) is 0 Å². The molecule has 40 heavy (non-hydrogen) atoms. The number of amides is 1. The van der Waals surface area contributed by atoms with Crippen molar-refractivity contribution in [1.82, 2.24) is 19.8 Å². The number of hydrogen-bond donors (Lipinski definition) is 0. The Balaban J connectivity index is 1.46. The number of carbonyl (C=O) groups is 1. The number of fused-ring (bicyclic) bond motifs is 1. The number of hydrogen-bond acceptors (Lipinski definition) is 8. The highest BCUT2D eigenvalue weighted by molar-refractivity contribution is 6.41. The molecule has 0 aliphatic carbocycles. The number of ether oxygens (including phenoxy) is 1. The summed E-state index contributed by atoms with van der Waals surface area (Å²) in [7, 11) is 2.13. The van der Waals surface area contributed by atoms with Crippen LogP contribution in [0.3, 0.4) is 0 Å². The zero-order valence-electron chi connectivity index (χ0n) is 23.7. The van der Waals surface area contributed by atoms with Crippen LogP contribution in [0.1, 0.15) is 41.6 Å². The van der Waals surface area contributed by atoms with Crippen molar-refractivity contribution in [1.29, 1.82) is 5.26 Å². The number of aromatic nitrogens is 2. The molecule has 212 valence electrons. The molecule has 1 aromatic carbocycles. The van der Waals surface area contributed by atoms with Gasteiger partial charge in [-0.3, -0.25) is 4.79 Å². The molecule has 0 unspecified atom stereocenters. The van der Waals surface area contributed by atoms with Gasteiger partial charge < -0.3 is 24.3 Å². The van der Waals surface area contributed by atoms with Gasteiger partial charge in [0.15, 0.2) is 0 Å². The van der Waals surface area contributed by atoms with Crippen molar-refractivity contribution in [3.8, 4) is 12.1 Å². The van der Waals surface area contributed by atoms with Crippen molar-refractivity contribution in [3.05, 3.63) is 52.2 Å². The zero-order chi connectivity index (χ0) is 28.4. The molecule has 0 radical (unpaired) electrons. The van der Waals surface area contributed by atoms with Crippen LogP contribution in [-0.4, -0.2) is 84.1 Å². The van der Waals surface area contributed by atoms with E-state index in [0.717, 1.165) is 43.0 Å². The number of halogens is 1. The third kappa shape index (κ3) is 5.74. The summed E-state index contributed by atoms with van der Waals surface area (Å²) >= 11 is 5.95. The van der Waals surface area contributed by atoms with Gasteiger partial charge in [0.2, 0.25) is 0 Å². The lowest BCUT2D eigenvalue weighted by atomic mass is 10.0. The number of nitrogens with zero attached hydrogens (tertiary/aromatic N) is 7. The van der Waals surface area contributed by atoms with E-state index >= 15 is 0 Å². The monoisotopic (exact) mass is 563 g/mol. The summed E-state index contributed by atoms with van der Waals surface area (Å²) in [6.07, 6.45) is 3.28. The van der Waals surface area contributed by atoms with E-state index in [1.54, 1.807) is 4.90 Å². The van der Waals surface area contributed by atoms with Crippen LogP contribution in [0.5, 0.6) is 6.01 Å². The van der Waals surface area contributed by atoms with Gasteiger partial charge in [-0.25, -0.2) is 0 Å². The number of aryl methyl sites for hydroxylation is 1. The van der Waals surface area contributed by atoms with Gasteiger partial charge in [0.05, 0.1) is 35.8 Å². The summed E-state index contributed by atoms with van der Waals surface area (Å²) in [4.78, 5) is 31.1. The number of piperazine rings is 1. The second-order valence-corrected chi connectivity index (χ2v) is 11.6. The van der Waals surface area contributed by atoms with Crippen LogP contribution in [0.15, 0.2) is 29.8 Å². The molecule has 2 aromatic rings. The summed E-state index contributed by atoms with van der Waals surface area (Å²) in [6.45, 7) is 12.6. The minimum Gasteiger partial charge on any atom is -0.462 e. The molecular formula is C30H38ClN7O2. The first kappa shape index (κ1) is 28.2. The molecule has 0 saturated carbocycles. The molecular weight excluding hydrogens is 526 g/mol. The maximum atomic E-state index is 12.7. The fraction of sp³-hybridized carbons (Fsp3) is 0.533. The van der Waals surface area contributed by atoms with E-state index < -0.39 is 0 Å². The first-order valence-corrected chi connectivity index (χ1v) is 14.5. The Kier molecular flexibility index (Phi) is 8.48. The molecule has 2 saturated heterocycles. The molecule has 3 aliphatic rings. The fourth-order valence-electron chi connectivity index (χ4n) is 6.11. The maximum absolute atomic E-state index is 12.7. The maximum Gasteiger partial charge on any atom is 0.318 e. The SMILES string of the molecule is C=C(Cl)C(=O)N1CCN(c2nc(OC[C@@H]3CCCN3C)nc3c2CCN(c2cccc(C)c2C)C3)C[C@@H]1CC#N. The average Bonchev–Trinajstić information content (AvgIpc) is 3.36. The molecule has 3 aliphatic heterocycles. The summed E-state index contributed by atoms with van der Waals surface area (Å²) in [5.41, 5.74) is 5.86. The number of carbonyl (C=O) groups excluding carboxylic acids is 1. The molecule has 9 nitrogen and oxygen atoms in total. The molecule has 1 amide bonds. The topological polar surface area (TPSA) is 88.8 Å². The number of rotatable bonds is 7.